The van der Waals surface area contributed by atoms with Gasteiger partial charge in [0.25, 0.3) is 0 Å². The molecule has 0 unspecified atom stereocenters. The first-order chi connectivity index (χ1) is 26.5. The highest BCUT2D eigenvalue weighted by Gasteiger charge is 2.35. The van der Waals surface area contributed by atoms with Crippen LogP contribution in [0.3, 0.4) is 0 Å². The zero-order chi connectivity index (χ0) is 40.1. The van der Waals surface area contributed by atoms with E-state index >= 15 is 0 Å². The number of halogens is 5. The molecule has 0 aromatic heterocycles. The average Bonchev–Trinajstić information content (AvgIpc) is 3.19. The van der Waals surface area contributed by atoms with Crippen LogP contribution in [0.4, 0.5) is 0 Å². The standard InChI is InChI=1S/2C26H56P.5ClH/c2*1-5-9-13-14-15-16-17-18-19-20-21-22-26-27(23-10-6-2,24-11-7-3)25-12-8-4;;;;;/h2*5-26H2,1-4H3;5*1H/q2*+1;;;;;. The third kappa shape index (κ3) is 52.8. The van der Waals surface area contributed by atoms with Crippen molar-refractivity contribution < 1.29 is 0 Å². The SMILES string of the molecule is CCCCCCCCCCCCCC[P+](CCCC)(CCCC)CCCC.CCCCCCCCCCCCCC[P+](CCCC)(CCCC)CCCC.Cl.Cl.Cl.Cl.Cl. The van der Waals surface area contributed by atoms with Gasteiger partial charge < -0.3 is 0 Å². The Morgan fingerprint density at radius 2 is 0.271 bits per heavy atom. The molecular formula is C52H117Cl5P2+2. The normalized spacial score (nSPS) is 11.0. The van der Waals surface area contributed by atoms with E-state index in [9.17, 15) is 0 Å². The molecule has 0 fully saturated rings. The Kier molecular flexibility index (Phi) is 80.0. The highest BCUT2D eigenvalue weighted by Crippen LogP contribution is 2.62. The molecule has 59 heavy (non-hydrogen) atoms. The van der Waals surface area contributed by atoms with E-state index < -0.39 is 14.5 Å². The smallest absolute Gasteiger partial charge is 0.0594 e. The van der Waals surface area contributed by atoms with Gasteiger partial charge in [0.2, 0.25) is 0 Å². The van der Waals surface area contributed by atoms with Crippen LogP contribution in [0.1, 0.15) is 287 Å². The van der Waals surface area contributed by atoms with Crippen LogP contribution in [0.15, 0.2) is 0 Å². The van der Waals surface area contributed by atoms with E-state index in [1.807, 2.05) is 0 Å². The molecule has 0 bridgehead atoms. The van der Waals surface area contributed by atoms with Crippen LogP contribution in [-0.4, -0.2) is 49.3 Å². The van der Waals surface area contributed by atoms with E-state index in [0.29, 0.717) is 0 Å². The summed E-state index contributed by atoms with van der Waals surface area (Å²) in [6.07, 6.45) is 65.9. The van der Waals surface area contributed by atoms with Gasteiger partial charge in [0, 0.05) is 14.5 Å². The molecule has 0 aliphatic carbocycles. The highest BCUT2D eigenvalue weighted by atomic mass is 35.5. The zero-order valence-electron chi connectivity index (χ0n) is 42.0. The zero-order valence-corrected chi connectivity index (χ0v) is 47.9. The second kappa shape index (κ2) is 62.4. The molecule has 0 N–H and O–H groups in total. The number of hydrogen-bond donors (Lipinski definition) is 0. The van der Waals surface area contributed by atoms with Crippen LogP contribution in [0.2, 0.25) is 0 Å². The Hall–Kier alpha value is 2.31. The molecule has 0 spiro atoms. The molecule has 0 atom stereocenters. The maximum atomic E-state index is 2.39. The maximum absolute atomic E-state index is 2.39. The number of rotatable bonds is 44. The van der Waals surface area contributed by atoms with Crippen molar-refractivity contribution in [3.05, 3.63) is 0 Å². The van der Waals surface area contributed by atoms with Gasteiger partial charge in [0.15, 0.2) is 0 Å². The van der Waals surface area contributed by atoms with Crippen molar-refractivity contribution in [2.24, 2.45) is 0 Å². The van der Waals surface area contributed by atoms with Crippen molar-refractivity contribution in [1.29, 1.82) is 0 Å². The Bertz CT molecular complexity index is 584. The summed E-state index contributed by atoms with van der Waals surface area (Å²) >= 11 is 0. The predicted molar refractivity (Wildman–Crippen MR) is 301 cm³/mol. The third-order valence-electron chi connectivity index (χ3n) is 12.9. The fraction of sp³-hybridized carbons (Fsp3) is 1.00. The number of hydrogen-bond acceptors (Lipinski definition) is 0. The first-order valence-electron chi connectivity index (χ1n) is 26.2. The molecule has 0 aliphatic heterocycles. The molecule has 0 radical (unpaired) electrons. The summed E-state index contributed by atoms with van der Waals surface area (Å²) in [4.78, 5) is 0. The Morgan fingerprint density at radius 1 is 0.153 bits per heavy atom. The van der Waals surface area contributed by atoms with Crippen LogP contribution < -0.4 is 0 Å². The predicted octanol–water partition coefficient (Wildman–Crippen LogP) is 22.3. The van der Waals surface area contributed by atoms with Crippen LogP contribution in [0.25, 0.3) is 0 Å². The molecule has 0 amide bonds. The average molecular weight is 982 g/mol. The van der Waals surface area contributed by atoms with Crippen LogP contribution >= 0.6 is 76.6 Å². The van der Waals surface area contributed by atoms with Crippen molar-refractivity contribution in [3.8, 4) is 0 Å². The van der Waals surface area contributed by atoms with Gasteiger partial charge in [0.05, 0.1) is 49.3 Å². The van der Waals surface area contributed by atoms with Gasteiger partial charge in [-0.25, -0.2) is 0 Å². The van der Waals surface area contributed by atoms with Gasteiger partial charge in [-0.1, -0.05) is 222 Å². The summed E-state index contributed by atoms with van der Waals surface area (Å²) in [7, 11) is -1.25. The topological polar surface area (TPSA) is 0 Å². The molecule has 0 saturated heterocycles. The molecule has 0 aromatic rings. The number of unbranched alkanes of at least 4 members (excludes halogenated alkanes) is 28. The fourth-order valence-corrected chi connectivity index (χ4v) is 19.3. The van der Waals surface area contributed by atoms with Crippen LogP contribution in [0, 0.1) is 0 Å². The Morgan fingerprint density at radius 3 is 0.424 bits per heavy atom. The van der Waals surface area contributed by atoms with Gasteiger partial charge >= 0.3 is 0 Å². The molecule has 0 nitrogen and oxygen atoms in total. The third-order valence-corrected chi connectivity index (χ3v) is 23.0. The molecule has 7 heteroatoms. The monoisotopic (exact) mass is 979 g/mol. The lowest BCUT2D eigenvalue weighted by Crippen LogP contribution is -2.13. The summed E-state index contributed by atoms with van der Waals surface area (Å²) in [6.45, 7) is 18.9. The minimum absolute atomic E-state index is 0. The van der Waals surface area contributed by atoms with Gasteiger partial charge in [0.1, 0.15) is 0 Å². The van der Waals surface area contributed by atoms with Crippen LogP contribution in [-0.2, 0) is 0 Å². The van der Waals surface area contributed by atoms with Gasteiger partial charge in [-0.15, -0.1) is 62.0 Å². The van der Waals surface area contributed by atoms with Crippen molar-refractivity contribution in [2.45, 2.75) is 287 Å². The summed E-state index contributed by atoms with van der Waals surface area (Å²) in [5, 5.41) is 0. The summed E-state index contributed by atoms with van der Waals surface area (Å²) < 4.78 is 0. The second-order valence-corrected chi connectivity index (χ2v) is 27.3. The molecular weight excluding hydrogens is 864 g/mol. The summed E-state index contributed by atoms with van der Waals surface area (Å²) in [6, 6.07) is 0. The fourth-order valence-electron chi connectivity index (χ4n) is 8.88. The van der Waals surface area contributed by atoms with E-state index in [1.54, 1.807) is 62.1 Å². The second-order valence-electron chi connectivity index (χ2n) is 18.4. The van der Waals surface area contributed by atoms with Crippen molar-refractivity contribution in [3.63, 3.8) is 0 Å². The Labute approximate surface area is 409 Å². The van der Waals surface area contributed by atoms with Crippen molar-refractivity contribution in [2.75, 3.05) is 49.3 Å². The lowest BCUT2D eigenvalue weighted by Gasteiger charge is -2.28. The molecule has 0 aliphatic rings. The van der Waals surface area contributed by atoms with E-state index in [1.165, 1.54) is 218 Å². The van der Waals surface area contributed by atoms with E-state index in [-0.39, 0.29) is 62.0 Å². The highest BCUT2D eigenvalue weighted by molar-refractivity contribution is 7.76. The van der Waals surface area contributed by atoms with Crippen LogP contribution in [0.5, 0.6) is 0 Å². The van der Waals surface area contributed by atoms with E-state index in [0.717, 1.165) is 0 Å². The van der Waals surface area contributed by atoms with E-state index in [2.05, 4.69) is 55.4 Å². The summed E-state index contributed by atoms with van der Waals surface area (Å²) in [5.41, 5.74) is 0. The first kappa shape index (κ1) is 75.6. The quantitative estimate of drug-likeness (QED) is 0.0422. The minimum atomic E-state index is -0.626. The van der Waals surface area contributed by atoms with Crippen molar-refractivity contribution >= 4 is 76.6 Å². The van der Waals surface area contributed by atoms with Gasteiger partial charge in [-0.2, -0.15) is 0 Å². The minimum Gasteiger partial charge on any atom is -0.147 e. The molecule has 0 aromatic carbocycles. The molecule has 0 saturated carbocycles. The molecule has 0 rings (SSSR count). The molecule has 368 valence electrons. The Balaban J connectivity index is -0.000000169. The lowest BCUT2D eigenvalue weighted by molar-refractivity contribution is 0.548. The lowest BCUT2D eigenvalue weighted by atomic mass is 10.1. The van der Waals surface area contributed by atoms with E-state index in [4.69, 9.17) is 0 Å². The van der Waals surface area contributed by atoms with Gasteiger partial charge in [-0.05, 0) is 64.2 Å². The van der Waals surface area contributed by atoms with Crippen molar-refractivity contribution in [1.82, 2.24) is 0 Å². The van der Waals surface area contributed by atoms with Gasteiger partial charge in [-0.3, -0.25) is 0 Å². The largest absolute Gasteiger partial charge is 0.147 e. The summed E-state index contributed by atoms with van der Waals surface area (Å²) in [5.74, 6) is 0. The first-order valence-corrected chi connectivity index (χ1v) is 31.2. The molecule has 0 heterocycles. The maximum Gasteiger partial charge on any atom is 0.0594 e.